The number of anilines is 2. The highest BCUT2D eigenvalue weighted by atomic mass is 79.9. The Balaban J connectivity index is 2.43. The van der Waals surface area contributed by atoms with Gasteiger partial charge < -0.3 is 5.73 Å². The molecule has 0 saturated carbocycles. The van der Waals surface area contributed by atoms with Gasteiger partial charge in [0.25, 0.3) is 10.0 Å². The van der Waals surface area contributed by atoms with Crippen LogP contribution in [0.25, 0.3) is 0 Å². The van der Waals surface area contributed by atoms with Gasteiger partial charge in [0.05, 0.1) is 5.69 Å². The van der Waals surface area contributed by atoms with Gasteiger partial charge in [0.15, 0.2) is 0 Å². The molecule has 0 unspecified atom stereocenters. The first-order valence-corrected chi connectivity index (χ1v) is 7.66. The second-order valence-electron chi connectivity index (χ2n) is 4.09. The molecular weight excluding hydrogens is 332 g/mol. The number of aryl methyl sites for hydroxylation is 2. The maximum atomic E-state index is 12.3. The Morgan fingerprint density at radius 1 is 1.37 bits per heavy atom. The highest BCUT2D eigenvalue weighted by molar-refractivity contribution is 9.10. The second-order valence-corrected chi connectivity index (χ2v) is 6.60. The van der Waals surface area contributed by atoms with Gasteiger partial charge in [0, 0.05) is 23.3 Å². The quantitative estimate of drug-likeness (QED) is 0.831. The molecule has 0 radical (unpaired) electrons. The third-order valence-electron chi connectivity index (χ3n) is 2.49. The van der Waals surface area contributed by atoms with Gasteiger partial charge >= 0.3 is 0 Å². The Bertz CT molecular complexity index is 724. The van der Waals surface area contributed by atoms with Crippen molar-refractivity contribution in [2.45, 2.75) is 11.8 Å². The van der Waals surface area contributed by atoms with E-state index >= 15 is 0 Å². The molecule has 2 rings (SSSR count). The average molecular weight is 345 g/mol. The summed E-state index contributed by atoms with van der Waals surface area (Å²) in [4.78, 5) is 0.0892. The van der Waals surface area contributed by atoms with Crippen molar-refractivity contribution in [2.75, 3.05) is 10.5 Å². The molecule has 0 saturated heterocycles. The molecular formula is C11H13BrN4O2S. The summed E-state index contributed by atoms with van der Waals surface area (Å²) >= 11 is 3.21. The van der Waals surface area contributed by atoms with Gasteiger partial charge in [0.2, 0.25) is 0 Å². The lowest BCUT2D eigenvalue weighted by Crippen LogP contribution is -2.16. The largest absolute Gasteiger partial charge is 0.399 e. The number of benzene rings is 1. The lowest BCUT2D eigenvalue weighted by atomic mass is 10.3. The summed E-state index contributed by atoms with van der Waals surface area (Å²) in [5.41, 5.74) is 6.73. The van der Waals surface area contributed by atoms with Crippen molar-refractivity contribution in [3.8, 4) is 0 Å². The second kappa shape index (κ2) is 4.86. The zero-order chi connectivity index (χ0) is 14.2. The summed E-state index contributed by atoms with van der Waals surface area (Å²) in [6, 6.07) is 6.27. The minimum absolute atomic E-state index is 0.0892. The monoisotopic (exact) mass is 344 g/mol. The van der Waals surface area contributed by atoms with Crippen LogP contribution in [0.2, 0.25) is 0 Å². The maximum absolute atomic E-state index is 12.3. The summed E-state index contributed by atoms with van der Waals surface area (Å²) in [5.74, 6) is 0.395. The number of aromatic nitrogens is 2. The number of hydrogen-bond donors (Lipinski definition) is 2. The van der Waals surface area contributed by atoms with E-state index in [2.05, 4.69) is 25.8 Å². The molecule has 19 heavy (non-hydrogen) atoms. The Morgan fingerprint density at radius 3 is 2.63 bits per heavy atom. The van der Waals surface area contributed by atoms with Crippen LogP contribution in [0.4, 0.5) is 11.5 Å². The Kier molecular flexibility index (Phi) is 3.55. The molecule has 0 aliphatic rings. The number of nitrogens with one attached hydrogen (secondary N) is 1. The van der Waals surface area contributed by atoms with E-state index in [1.54, 1.807) is 32.2 Å². The lowest BCUT2D eigenvalue weighted by molar-refractivity contribution is 0.600. The number of nitrogens with zero attached hydrogens (tertiary/aromatic N) is 2. The molecule has 0 fully saturated rings. The summed E-state index contributed by atoms with van der Waals surface area (Å²) in [6.45, 7) is 1.79. The van der Waals surface area contributed by atoms with Gasteiger partial charge in [-0.1, -0.05) is 0 Å². The molecule has 0 bridgehead atoms. The predicted molar refractivity (Wildman–Crippen MR) is 77.3 cm³/mol. The van der Waals surface area contributed by atoms with Crippen molar-refractivity contribution >= 4 is 37.5 Å². The van der Waals surface area contributed by atoms with E-state index in [-0.39, 0.29) is 4.90 Å². The standard InChI is InChI=1S/C11H13BrN4O2S/c1-7-5-11(16(2)14-7)15-19(17,18)10-6-8(13)3-4-9(10)12/h3-6,15H,13H2,1-2H3. The molecule has 6 nitrogen and oxygen atoms in total. The Morgan fingerprint density at radius 2 is 2.05 bits per heavy atom. The molecule has 1 heterocycles. The van der Waals surface area contributed by atoms with Gasteiger partial charge in [-0.2, -0.15) is 5.10 Å². The van der Waals surface area contributed by atoms with Gasteiger partial charge in [-0.15, -0.1) is 0 Å². The Labute approximate surface area is 119 Å². The van der Waals surface area contributed by atoms with Crippen LogP contribution in [-0.2, 0) is 17.1 Å². The zero-order valence-corrected chi connectivity index (χ0v) is 12.8. The number of nitrogens with two attached hydrogens (primary N) is 1. The van der Waals surface area contributed by atoms with Crippen molar-refractivity contribution in [2.24, 2.45) is 7.05 Å². The number of nitrogen functional groups attached to an aromatic ring is 1. The normalized spacial score (nSPS) is 11.5. The zero-order valence-electron chi connectivity index (χ0n) is 10.4. The fourth-order valence-corrected chi connectivity index (χ4v) is 3.70. The summed E-state index contributed by atoms with van der Waals surface area (Å²) < 4.78 is 29.0. The first-order valence-electron chi connectivity index (χ1n) is 5.38. The van der Waals surface area contributed by atoms with Gasteiger partial charge in [-0.3, -0.25) is 9.40 Å². The van der Waals surface area contributed by atoms with E-state index in [9.17, 15) is 8.42 Å². The van der Waals surface area contributed by atoms with Crippen LogP contribution in [0, 0.1) is 6.92 Å². The van der Waals surface area contributed by atoms with Crippen LogP contribution in [-0.4, -0.2) is 18.2 Å². The predicted octanol–water partition coefficient (Wildman–Crippen LogP) is 1.87. The van der Waals surface area contributed by atoms with E-state index < -0.39 is 10.0 Å². The molecule has 0 aliphatic carbocycles. The third-order valence-corrected chi connectivity index (χ3v) is 4.83. The van der Waals surface area contributed by atoms with Crippen molar-refractivity contribution in [1.82, 2.24) is 9.78 Å². The highest BCUT2D eigenvalue weighted by Gasteiger charge is 2.19. The van der Waals surface area contributed by atoms with Crippen molar-refractivity contribution < 1.29 is 8.42 Å². The molecule has 1 aromatic carbocycles. The number of hydrogen-bond acceptors (Lipinski definition) is 4. The lowest BCUT2D eigenvalue weighted by Gasteiger charge is -2.10. The molecule has 102 valence electrons. The van der Waals surface area contributed by atoms with Crippen LogP contribution in [0.5, 0.6) is 0 Å². The molecule has 0 amide bonds. The number of sulfonamides is 1. The van der Waals surface area contributed by atoms with Crippen LogP contribution >= 0.6 is 15.9 Å². The number of halogens is 1. The summed E-state index contributed by atoms with van der Waals surface area (Å²) in [7, 11) is -2.05. The topological polar surface area (TPSA) is 90.0 Å². The van der Waals surface area contributed by atoms with Crippen molar-refractivity contribution in [3.05, 3.63) is 34.4 Å². The molecule has 8 heteroatoms. The third kappa shape index (κ3) is 2.90. The van der Waals surface area contributed by atoms with Crippen LogP contribution in [0.1, 0.15) is 5.69 Å². The van der Waals surface area contributed by atoms with Crippen LogP contribution < -0.4 is 10.5 Å². The first kappa shape index (κ1) is 13.9. The first-order chi connectivity index (χ1) is 8.79. The van der Waals surface area contributed by atoms with Crippen LogP contribution in [0.15, 0.2) is 33.6 Å². The van der Waals surface area contributed by atoms with Crippen molar-refractivity contribution in [1.29, 1.82) is 0 Å². The van der Waals surface area contributed by atoms with Gasteiger partial charge in [-0.05, 0) is 41.1 Å². The van der Waals surface area contributed by atoms with Gasteiger partial charge in [-0.25, -0.2) is 8.42 Å². The fourth-order valence-electron chi connectivity index (χ4n) is 1.62. The number of rotatable bonds is 3. The van der Waals surface area contributed by atoms with E-state index in [1.807, 2.05) is 0 Å². The van der Waals surface area contributed by atoms with Crippen LogP contribution in [0.3, 0.4) is 0 Å². The Hall–Kier alpha value is -1.54. The average Bonchev–Trinajstić information content (AvgIpc) is 2.60. The van der Waals surface area contributed by atoms with E-state index in [1.165, 1.54) is 10.7 Å². The molecule has 0 spiro atoms. The summed E-state index contributed by atoms with van der Waals surface area (Å²) in [5, 5.41) is 4.08. The molecule has 3 N–H and O–H groups in total. The molecule has 0 aliphatic heterocycles. The van der Waals surface area contributed by atoms with E-state index in [4.69, 9.17) is 5.73 Å². The minimum atomic E-state index is -3.71. The van der Waals surface area contributed by atoms with Crippen molar-refractivity contribution in [3.63, 3.8) is 0 Å². The minimum Gasteiger partial charge on any atom is -0.399 e. The molecule has 1 aromatic heterocycles. The smallest absolute Gasteiger partial charge is 0.264 e. The van der Waals surface area contributed by atoms with E-state index in [0.717, 1.165) is 5.69 Å². The summed E-state index contributed by atoms with van der Waals surface area (Å²) in [6.07, 6.45) is 0. The maximum Gasteiger partial charge on any atom is 0.264 e. The molecule has 0 atom stereocenters. The van der Waals surface area contributed by atoms with Gasteiger partial charge in [0.1, 0.15) is 10.7 Å². The molecule has 2 aromatic rings. The highest BCUT2D eigenvalue weighted by Crippen LogP contribution is 2.26. The SMILES string of the molecule is Cc1cc(NS(=O)(=O)c2cc(N)ccc2Br)n(C)n1. The van der Waals surface area contributed by atoms with E-state index in [0.29, 0.717) is 16.0 Å². The fraction of sp³-hybridized carbons (Fsp3) is 0.182.